The van der Waals surface area contributed by atoms with E-state index in [4.69, 9.17) is 9.47 Å². The van der Waals surface area contributed by atoms with E-state index in [-0.39, 0.29) is 35.7 Å². The van der Waals surface area contributed by atoms with E-state index in [0.717, 1.165) is 10.5 Å². The number of non-ortho nitro benzene ring substituents is 1. The number of rotatable bonds is 9. The van der Waals surface area contributed by atoms with Crippen LogP contribution in [0.5, 0.6) is 5.75 Å². The fourth-order valence-electron chi connectivity index (χ4n) is 2.45. The SMILES string of the molecule is COc1ccc([N+](=O)[O-])cc1NC(=O)C(C)OC(=O)CCC(=O)c1ccc(Br)cc1. The van der Waals surface area contributed by atoms with Crippen LogP contribution >= 0.6 is 15.9 Å². The van der Waals surface area contributed by atoms with Crippen LogP contribution in [0.1, 0.15) is 30.1 Å². The van der Waals surface area contributed by atoms with Crippen molar-refractivity contribution in [3.05, 3.63) is 62.6 Å². The van der Waals surface area contributed by atoms with Gasteiger partial charge in [0.15, 0.2) is 11.9 Å². The molecule has 0 saturated heterocycles. The molecule has 1 N–H and O–H groups in total. The van der Waals surface area contributed by atoms with Crippen molar-refractivity contribution in [2.24, 2.45) is 0 Å². The molecule has 0 aliphatic heterocycles. The van der Waals surface area contributed by atoms with Gasteiger partial charge in [0.1, 0.15) is 5.75 Å². The molecule has 158 valence electrons. The molecule has 1 unspecified atom stereocenters. The van der Waals surface area contributed by atoms with Gasteiger partial charge in [-0.1, -0.05) is 28.1 Å². The van der Waals surface area contributed by atoms with E-state index in [1.54, 1.807) is 24.3 Å². The van der Waals surface area contributed by atoms with Gasteiger partial charge >= 0.3 is 5.97 Å². The van der Waals surface area contributed by atoms with Gasteiger partial charge in [-0.15, -0.1) is 0 Å². The number of hydrogen-bond acceptors (Lipinski definition) is 7. The van der Waals surface area contributed by atoms with Gasteiger partial charge in [-0.05, 0) is 25.1 Å². The summed E-state index contributed by atoms with van der Waals surface area (Å²) in [6.07, 6.45) is -1.43. The summed E-state index contributed by atoms with van der Waals surface area (Å²) in [5.41, 5.74) is 0.307. The summed E-state index contributed by atoms with van der Waals surface area (Å²) in [7, 11) is 1.35. The standard InChI is InChI=1S/C20H19BrN2O7/c1-12(20(26)22-16-11-15(23(27)28)7-9-18(16)29-2)30-19(25)10-8-17(24)13-3-5-14(21)6-4-13/h3-7,9,11-12H,8,10H2,1-2H3,(H,22,26). The lowest BCUT2D eigenvalue weighted by atomic mass is 10.1. The zero-order chi connectivity index (χ0) is 22.3. The number of amides is 1. The van der Waals surface area contributed by atoms with Crippen molar-refractivity contribution < 1.29 is 28.8 Å². The smallest absolute Gasteiger partial charge is 0.307 e. The lowest BCUT2D eigenvalue weighted by Crippen LogP contribution is -2.30. The normalized spacial score (nSPS) is 11.3. The van der Waals surface area contributed by atoms with Crippen LogP contribution < -0.4 is 10.1 Å². The molecule has 1 amide bonds. The zero-order valence-corrected chi connectivity index (χ0v) is 17.8. The van der Waals surface area contributed by atoms with E-state index in [1.165, 1.54) is 26.2 Å². The number of nitrogens with one attached hydrogen (secondary N) is 1. The number of benzene rings is 2. The summed E-state index contributed by atoms with van der Waals surface area (Å²) in [4.78, 5) is 46.7. The summed E-state index contributed by atoms with van der Waals surface area (Å²) < 4.78 is 11.0. The Morgan fingerprint density at radius 3 is 2.40 bits per heavy atom. The highest BCUT2D eigenvalue weighted by Gasteiger charge is 2.21. The first kappa shape index (κ1) is 23.0. The predicted octanol–water partition coefficient (Wildman–Crippen LogP) is 3.90. The number of hydrogen-bond donors (Lipinski definition) is 1. The third kappa shape index (κ3) is 6.38. The minimum atomic E-state index is -1.18. The van der Waals surface area contributed by atoms with E-state index in [1.807, 2.05) is 0 Å². The Morgan fingerprint density at radius 2 is 1.80 bits per heavy atom. The van der Waals surface area contributed by atoms with E-state index in [9.17, 15) is 24.5 Å². The lowest BCUT2D eigenvalue weighted by molar-refractivity contribution is -0.384. The molecule has 0 aliphatic rings. The summed E-state index contributed by atoms with van der Waals surface area (Å²) in [6, 6.07) is 10.4. The fourth-order valence-corrected chi connectivity index (χ4v) is 2.71. The molecule has 9 nitrogen and oxygen atoms in total. The van der Waals surface area contributed by atoms with Gasteiger partial charge in [-0.3, -0.25) is 24.5 Å². The molecule has 1 atom stereocenters. The third-order valence-corrected chi connectivity index (χ3v) is 4.58. The molecule has 2 aromatic rings. The summed E-state index contributed by atoms with van der Waals surface area (Å²) in [6.45, 7) is 1.35. The Balaban J connectivity index is 1.91. The van der Waals surface area contributed by atoms with Crippen LogP contribution in [0, 0.1) is 10.1 Å². The van der Waals surface area contributed by atoms with E-state index >= 15 is 0 Å². The highest BCUT2D eigenvalue weighted by molar-refractivity contribution is 9.10. The predicted molar refractivity (Wildman–Crippen MR) is 112 cm³/mol. The molecule has 30 heavy (non-hydrogen) atoms. The number of esters is 1. The van der Waals surface area contributed by atoms with Gasteiger partial charge in [0.2, 0.25) is 0 Å². The maximum atomic E-state index is 12.3. The highest BCUT2D eigenvalue weighted by Crippen LogP contribution is 2.29. The van der Waals surface area contributed by atoms with Gasteiger partial charge in [-0.25, -0.2) is 0 Å². The number of ketones is 1. The number of Topliss-reactive ketones (excluding diaryl/α,β-unsaturated/α-hetero) is 1. The number of nitro benzene ring substituents is 1. The van der Waals surface area contributed by atoms with Crippen molar-refractivity contribution in [1.82, 2.24) is 0 Å². The summed E-state index contributed by atoms with van der Waals surface area (Å²) in [5.74, 6) is -1.42. The molecule has 2 aromatic carbocycles. The maximum absolute atomic E-state index is 12.3. The summed E-state index contributed by atoms with van der Waals surface area (Å²) >= 11 is 3.28. The molecular formula is C20H19BrN2O7. The fraction of sp³-hybridized carbons (Fsp3) is 0.250. The average Bonchev–Trinajstić information content (AvgIpc) is 2.72. The van der Waals surface area contributed by atoms with Gasteiger partial charge in [-0.2, -0.15) is 0 Å². The van der Waals surface area contributed by atoms with Gasteiger partial charge < -0.3 is 14.8 Å². The number of anilines is 1. The summed E-state index contributed by atoms with van der Waals surface area (Å²) in [5, 5.41) is 13.4. The highest BCUT2D eigenvalue weighted by atomic mass is 79.9. The second-order valence-electron chi connectivity index (χ2n) is 6.19. The lowest BCUT2D eigenvalue weighted by Gasteiger charge is -2.15. The first-order chi connectivity index (χ1) is 14.2. The van der Waals surface area contributed by atoms with Crippen molar-refractivity contribution in [3.8, 4) is 5.75 Å². The number of carbonyl (C=O) groups is 3. The Morgan fingerprint density at radius 1 is 1.13 bits per heavy atom. The first-order valence-corrected chi connectivity index (χ1v) is 9.62. The molecule has 0 radical (unpaired) electrons. The number of halogens is 1. The van der Waals surface area contributed by atoms with Crippen LogP contribution in [0.2, 0.25) is 0 Å². The molecule has 0 saturated carbocycles. The molecule has 0 aromatic heterocycles. The van der Waals surface area contributed by atoms with E-state index in [0.29, 0.717) is 5.56 Å². The van der Waals surface area contributed by atoms with E-state index < -0.39 is 22.9 Å². The Labute approximate surface area is 180 Å². The molecule has 10 heteroatoms. The zero-order valence-electron chi connectivity index (χ0n) is 16.2. The van der Waals surface area contributed by atoms with Crippen LogP contribution in [-0.4, -0.2) is 35.8 Å². The second kappa shape index (κ2) is 10.5. The van der Waals surface area contributed by atoms with Crippen molar-refractivity contribution >= 4 is 45.0 Å². The van der Waals surface area contributed by atoms with Crippen LogP contribution in [0.25, 0.3) is 0 Å². The van der Waals surface area contributed by atoms with Gasteiger partial charge in [0.05, 0.1) is 24.1 Å². The maximum Gasteiger partial charge on any atom is 0.307 e. The topological polar surface area (TPSA) is 125 Å². The molecule has 0 heterocycles. The van der Waals surface area contributed by atoms with Crippen LogP contribution in [0.3, 0.4) is 0 Å². The number of nitrogens with zero attached hydrogens (tertiary/aromatic N) is 1. The average molecular weight is 479 g/mol. The van der Waals surface area contributed by atoms with Crippen molar-refractivity contribution in [3.63, 3.8) is 0 Å². The Kier molecular flexibility index (Phi) is 8.05. The van der Waals surface area contributed by atoms with Crippen molar-refractivity contribution in [1.29, 1.82) is 0 Å². The van der Waals surface area contributed by atoms with Crippen LogP contribution in [0.15, 0.2) is 46.9 Å². The minimum Gasteiger partial charge on any atom is -0.495 e. The van der Waals surface area contributed by atoms with E-state index in [2.05, 4.69) is 21.2 Å². The Bertz CT molecular complexity index is 960. The first-order valence-electron chi connectivity index (χ1n) is 8.82. The molecule has 0 aliphatic carbocycles. The molecule has 0 bridgehead atoms. The molecule has 2 rings (SSSR count). The monoisotopic (exact) mass is 478 g/mol. The van der Waals surface area contributed by atoms with Gasteiger partial charge in [0, 0.05) is 28.6 Å². The largest absolute Gasteiger partial charge is 0.495 e. The second-order valence-corrected chi connectivity index (χ2v) is 7.11. The van der Waals surface area contributed by atoms with Gasteiger partial charge in [0.25, 0.3) is 11.6 Å². The minimum absolute atomic E-state index is 0.0620. The number of carbonyl (C=O) groups excluding carboxylic acids is 3. The van der Waals surface area contributed by atoms with Crippen molar-refractivity contribution in [2.45, 2.75) is 25.9 Å². The number of nitro groups is 1. The van der Waals surface area contributed by atoms with Crippen molar-refractivity contribution in [2.75, 3.05) is 12.4 Å². The number of ether oxygens (including phenoxy) is 2. The van der Waals surface area contributed by atoms with Crippen LogP contribution in [-0.2, 0) is 14.3 Å². The van der Waals surface area contributed by atoms with Crippen LogP contribution in [0.4, 0.5) is 11.4 Å². The molecular weight excluding hydrogens is 460 g/mol. The Hall–Kier alpha value is -3.27. The third-order valence-electron chi connectivity index (χ3n) is 4.05. The molecule has 0 spiro atoms. The number of methoxy groups -OCH3 is 1. The molecule has 0 fully saturated rings. The quantitative estimate of drug-likeness (QED) is 0.250.